The highest BCUT2D eigenvalue weighted by atomic mass is 32.2. The highest BCUT2D eigenvalue weighted by molar-refractivity contribution is 7.89. The van der Waals surface area contributed by atoms with E-state index in [4.69, 9.17) is 14.2 Å². The average Bonchev–Trinajstić information content (AvgIpc) is 3.35. The lowest BCUT2D eigenvalue weighted by Gasteiger charge is -2.25. The lowest BCUT2D eigenvalue weighted by Crippen LogP contribution is -2.38. The van der Waals surface area contributed by atoms with Crippen molar-refractivity contribution in [2.75, 3.05) is 26.4 Å². The van der Waals surface area contributed by atoms with Crippen molar-refractivity contribution in [3.05, 3.63) is 63.9 Å². The van der Waals surface area contributed by atoms with E-state index in [1.54, 1.807) is 18.2 Å². The number of nitrogens with one attached hydrogen (secondary N) is 1. The number of nitrogens with zero attached hydrogens (tertiary/aromatic N) is 1. The van der Waals surface area contributed by atoms with Crippen LogP contribution in [-0.4, -0.2) is 50.2 Å². The van der Waals surface area contributed by atoms with E-state index in [0.29, 0.717) is 54.7 Å². The Balaban J connectivity index is 1.53. The molecule has 0 radical (unpaired) electrons. The maximum atomic E-state index is 13.5. The van der Waals surface area contributed by atoms with Gasteiger partial charge >= 0.3 is 6.18 Å². The summed E-state index contributed by atoms with van der Waals surface area (Å²) < 4.78 is 84.6. The molecule has 0 saturated carbocycles. The van der Waals surface area contributed by atoms with Crippen LogP contribution in [0.2, 0.25) is 0 Å². The van der Waals surface area contributed by atoms with Crippen LogP contribution in [-0.2, 0) is 27.5 Å². The van der Waals surface area contributed by atoms with E-state index < -0.39 is 38.3 Å². The molecular formula is C24H23F3N2O6S. The number of ether oxygens (including phenoxy) is 3. The summed E-state index contributed by atoms with van der Waals surface area (Å²) >= 11 is 0. The highest BCUT2D eigenvalue weighted by Gasteiger charge is 2.34. The smallest absolute Gasteiger partial charge is 0.416 e. The normalized spacial score (nSPS) is 18.2. The fourth-order valence-corrected chi connectivity index (χ4v) is 5.84. The predicted molar refractivity (Wildman–Crippen MR) is 124 cm³/mol. The van der Waals surface area contributed by atoms with Crippen molar-refractivity contribution in [1.29, 1.82) is 0 Å². The highest BCUT2D eigenvalue weighted by Crippen LogP contribution is 2.34. The molecule has 2 aliphatic rings. The zero-order valence-electron chi connectivity index (χ0n) is 19.0. The Morgan fingerprint density at radius 1 is 1.03 bits per heavy atom. The van der Waals surface area contributed by atoms with Gasteiger partial charge in [0, 0.05) is 36.7 Å². The Morgan fingerprint density at radius 2 is 1.78 bits per heavy atom. The lowest BCUT2D eigenvalue weighted by molar-refractivity contribution is -0.137. The van der Waals surface area contributed by atoms with E-state index in [1.807, 2.05) is 0 Å². The van der Waals surface area contributed by atoms with Crippen molar-refractivity contribution in [1.82, 2.24) is 9.29 Å². The maximum absolute atomic E-state index is 13.5. The summed E-state index contributed by atoms with van der Waals surface area (Å²) in [6, 6.07) is 8.45. The number of halogens is 3. The first kappa shape index (κ1) is 24.6. The summed E-state index contributed by atoms with van der Waals surface area (Å²) in [7, 11) is -4.40. The zero-order valence-corrected chi connectivity index (χ0v) is 19.8. The van der Waals surface area contributed by atoms with E-state index in [9.17, 15) is 26.4 Å². The molecule has 192 valence electrons. The second-order valence-corrected chi connectivity index (χ2v) is 10.6. The van der Waals surface area contributed by atoms with Crippen molar-refractivity contribution < 1.29 is 35.8 Å². The van der Waals surface area contributed by atoms with Gasteiger partial charge in [0.25, 0.3) is 5.56 Å². The molecule has 1 N–H and O–H groups in total. The Bertz CT molecular complexity index is 1450. The van der Waals surface area contributed by atoms with E-state index in [0.717, 1.165) is 28.9 Å². The number of fused-ring (bicyclic) bond motifs is 2. The molecule has 1 fully saturated rings. The quantitative estimate of drug-likeness (QED) is 0.528. The summed E-state index contributed by atoms with van der Waals surface area (Å²) in [5.74, 6) is 0.990. The van der Waals surface area contributed by atoms with Crippen molar-refractivity contribution in [2.45, 2.75) is 36.6 Å². The minimum Gasteiger partial charge on any atom is -0.486 e. The van der Waals surface area contributed by atoms with Crippen LogP contribution in [0.5, 0.6) is 11.5 Å². The molecule has 0 amide bonds. The van der Waals surface area contributed by atoms with Gasteiger partial charge in [-0.3, -0.25) is 4.79 Å². The molecule has 3 heterocycles. The number of aromatic nitrogens is 1. The van der Waals surface area contributed by atoms with Crippen molar-refractivity contribution in [3.63, 3.8) is 0 Å². The molecule has 1 saturated heterocycles. The van der Waals surface area contributed by atoms with Gasteiger partial charge in [0.15, 0.2) is 11.5 Å². The molecule has 0 unspecified atom stereocenters. The summed E-state index contributed by atoms with van der Waals surface area (Å²) in [6.07, 6.45) is -3.79. The van der Waals surface area contributed by atoms with Crippen LogP contribution >= 0.6 is 0 Å². The molecule has 0 spiro atoms. The molecule has 2 aromatic carbocycles. The van der Waals surface area contributed by atoms with Crippen LogP contribution < -0.4 is 15.0 Å². The zero-order chi connectivity index (χ0) is 25.5. The first-order valence-corrected chi connectivity index (χ1v) is 12.8. The van der Waals surface area contributed by atoms with Gasteiger partial charge in [-0.25, -0.2) is 8.42 Å². The van der Waals surface area contributed by atoms with Crippen LogP contribution in [0.1, 0.15) is 24.0 Å². The Hall–Kier alpha value is -3.09. The largest absolute Gasteiger partial charge is 0.486 e. The Labute approximate surface area is 204 Å². The average molecular weight is 525 g/mol. The maximum Gasteiger partial charge on any atom is 0.416 e. The lowest BCUT2D eigenvalue weighted by atomic mass is 10.1. The summed E-state index contributed by atoms with van der Waals surface area (Å²) in [5.41, 5.74) is -0.973. The van der Waals surface area contributed by atoms with Gasteiger partial charge in [0.1, 0.15) is 13.2 Å². The third-order valence-electron chi connectivity index (χ3n) is 6.16. The van der Waals surface area contributed by atoms with Gasteiger partial charge in [0.2, 0.25) is 10.0 Å². The number of benzene rings is 2. The fraction of sp³-hybridized carbons (Fsp3) is 0.375. The van der Waals surface area contributed by atoms with Crippen molar-refractivity contribution in [3.8, 4) is 11.5 Å². The third-order valence-corrected chi connectivity index (χ3v) is 7.97. The molecule has 36 heavy (non-hydrogen) atoms. The van der Waals surface area contributed by atoms with Crippen molar-refractivity contribution >= 4 is 20.9 Å². The van der Waals surface area contributed by atoms with Gasteiger partial charge in [-0.15, -0.1) is 0 Å². The summed E-state index contributed by atoms with van der Waals surface area (Å²) in [6.45, 7) is 0.771. The Morgan fingerprint density at radius 3 is 2.47 bits per heavy atom. The number of aromatic amines is 1. The molecule has 12 heteroatoms. The number of sulfonamides is 1. The minimum absolute atomic E-state index is 0.100. The third kappa shape index (κ3) is 4.93. The monoisotopic (exact) mass is 524 g/mol. The number of rotatable bonds is 6. The second-order valence-electron chi connectivity index (χ2n) is 8.66. The molecule has 1 atom stereocenters. The molecule has 0 aliphatic carbocycles. The van der Waals surface area contributed by atoms with Crippen LogP contribution in [0, 0.1) is 0 Å². The number of H-pyrrole nitrogens is 1. The first-order chi connectivity index (χ1) is 17.1. The van der Waals surface area contributed by atoms with E-state index >= 15 is 0 Å². The van der Waals surface area contributed by atoms with Gasteiger partial charge in [-0.1, -0.05) is 6.07 Å². The molecule has 3 aromatic rings. The summed E-state index contributed by atoms with van der Waals surface area (Å²) in [5, 5.41) is 0.599. The van der Waals surface area contributed by atoms with Crippen molar-refractivity contribution in [2.24, 2.45) is 0 Å². The fourth-order valence-electron chi connectivity index (χ4n) is 4.34. The number of hydrogen-bond acceptors (Lipinski definition) is 6. The SMILES string of the molecule is O=c1[nH]c2cc3c(cc2cc1CN(C[C@H]1CCCO1)S(=O)(=O)c1cccc(C(F)(F)F)c1)OCCO3. The van der Waals surface area contributed by atoms with Crippen LogP contribution in [0.25, 0.3) is 10.9 Å². The predicted octanol–water partition coefficient (Wildman–Crippen LogP) is 3.69. The van der Waals surface area contributed by atoms with Crippen LogP contribution in [0.3, 0.4) is 0 Å². The van der Waals surface area contributed by atoms with Crippen LogP contribution in [0.15, 0.2) is 52.2 Å². The van der Waals surface area contributed by atoms with Crippen LogP contribution in [0.4, 0.5) is 13.2 Å². The topological polar surface area (TPSA) is 97.9 Å². The van der Waals surface area contributed by atoms with E-state index in [1.165, 1.54) is 0 Å². The molecule has 2 aliphatic heterocycles. The molecule has 1 aromatic heterocycles. The van der Waals surface area contributed by atoms with Gasteiger partial charge < -0.3 is 19.2 Å². The van der Waals surface area contributed by atoms with Gasteiger partial charge in [-0.2, -0.15) is 17.5 Å². The number of pyridine rings is 1. The van der Waals surface area contributed by atoms with E-state index in [-0.39, 0.29) is 18.7 Å². The Kier molecular flexibility index (Phi) is 6.43. The minimum atomic E-state index is -4.70. The standard InChI is InChI=1S/C24H23F3N2O6S/c25-24(26,27)17-3-1-5-19(11-17)36(31,32)29(14-18-4-2-6-33-18)13-16-9-15-10-21-22(35-8-7-34-21)12-20(15)28-23(16)30/h1,3,5,9-12,18H,2,4,6-8,13-14H2,(H,28,30)/t18-/m1/s1. The number of hydrogen-bond donors (Lipinski definition) is 1. The molecule has 5 rings (SSSR count). The number of alkyl halides is 3. The van der Waals surface area contributed by atoms with Gasteiger partial charge in [0.05, 0.1) is 22.1 Å². The first-order valence-electron chi connectivity index (χ1n) is 11.4. The molecular weight excluding hydrogens is 501 g/mol. The molecule has 0 bridgehead atoms. The second kappa shape index (κ2) is 9.41. The molecule has 8 nitrogen and oxygen atoms in total. The summed E-state index contributed by atoms with van der Waals surface area (Å²) in [4.78, 5) is 15.1. The van der Waals surface area contributed by atoms with Gasteiger partial charge in [-0.05, 0) is 43.2 Å². The van der Waals surface area contributed by atoms with E-state index in [2.05, 4.69) is 4.98 Å².